The van der Waals surface area contributed by atoms with Gasteiger partial charge in [-0.05, 0) is 42.6 Å². The summed E-state index contributed by atoms with van der Waals surface area (Å²) in [6.45, 7) is 1.86. The average molecular weight is 201 g/mol. The third-order valence-electron chi connectivity index (χ3n) is 3.32. The van der Waals surface area contributed by atoms with Gasteiger partial charge >= 0.3 is 0 Å². The highest BCUT2D eigenvalue weighted by atomic mass is 32.2. The van der Waals surface area contributed by atoms with Crippen molar-refractivity contribution >= 4 is 11.8 Å². The minimum Gasteiger partial charge on any atom is -0.381 e. The molecule has 0 saturated carbocycles. The van der Waals surface area contributed by atoms with Crippen LogP contribution in [0.3, 0.4) is 0 Å². The zero-order valence-electron chi connectivity index (χ0n) is 8.08. The minimum absolute atomic E-state index is 0.443. The fraction of sp³-hybridized carbons (Fsp3) is 1.00. The molecule has 2 rings (SSSR count). The molecule has 2 N–H and O–H groups in total. The van der Waals surface area contributed by atoms with Gasteiger partial charge in [-0.15, -0.1) is 0 Å². The van der Waals surface area contributed by atoms with E-state index in [1.165, 1.54) is 30.8 Å². The predicted molar refractivity (Wildman–Crippen MR) is 57.0 cm³/mol. The van der Waals surface area contributed by atoms with E-state index in [-0.39, 0.29) is 0 Å². The lowest BCUT2D eigenvalue weighted by molar-refractivity contribution is 0.0525. The predicted octanol–water partition coefficient (Wildman–Crippen LogP) is 1.49. The molecule has 0 aliphatic carbocycles. The molecule has 76 valence electrons. The molecule has 13 heavy (non-hydrogen) atoms. The quantitative estimate of drug-likeness (QED) is 0.735. The van der Waals surface area contributed by atoms with E-state index in [2.05, 4.69) is 11.8 Å². The van der Waals surface area contributed by atoms with Crippen LogP contribution in [0.15, 0.2) is 0 Å². The van der Waals surface area contributed by atoms with Gasteiger partial charge in [0.15, 0.2) is 0 Å². The van der Waals surface area contributed by atoms with Gasteiger partial charge < -0.3 is 10.5 Å². The van der Waals surface area contributed by atoms with Crippen molar-refractivity contribution in [2.24, 2.45) is 17.6 Å². The van der Waals surface area contributed by atoms with E-state index < -0.39 is 0 Å². The lowest BCUT2D eigenvalue weighted by Crippen LogP contribution is -2.40. The van der Waals surface area contributed by atoms with Crippen molar-refractivity contribution in [1.82, 2.24) is 0 Å². The summed E-state index contributed by atoms with van der Waals surface area (Å²) in [5, 5.41) is 0. The van der Waals surface area contributed by atoms with Crippen LogP contribution in [0.4, 0.5) is 0 Å². The summed E-state index contributed by atoms with van der Waals surface area (Å²) in [5.74, 6) is 4.13. The number of nitrogens with two attached hydrogens (primary N) is 1. The minimum atomic E-state index is 0.443. The second-order valence-electron chi connectivity index (χ2n) is 4.15. The topological polar surface area (TPSA) is 35.2 Å². The lowest BCUT2D eigenvalue weighted by atomic mass is 9.84. The Morgan fingerprint density at radius 2 is 1.92 bits per heavy atom. The molecule has 2 heterocycles. The Balaban J connectivity index is 1.83. The summed E-state index contributed by atoms with van der Waals surface area (Å²) < 4.78 is 5.35. The molecule has 0 amide bonds. The molecule has 2 aliphatic rings. The monoisotopic (exact) mass is 201 g/mol. The van der Waals surface area contributed by atoms with Gasteiger partial charge in [-0.25, -0.2) is 0 Å². The third kappa shape index (κ3) is 2.39. The van der Waals surface area contributed by atoms with Crippen molar-refractivity contribution in [3.8, 4) is 0 Å². The molecule has 2 saturated heterocycles. The van der Waals surface area contributed by atoms with E-state index in [4.69, 9.17) is 10.5 Å². The molecule has 2 nitrogen and oxygen atoms in total. The molecule has 0 radical (unpaired) electrons. The summed E-state index contributed by atoms with van der Waals surface area (Å²) in [7, 11) is 0. The number of thioether (sulfide) groups is 1. The van der Waals surface area contributed by atoms with Crippen LogP contribution in [-0.2, 0) is 4.74 Å². The Hall–Kier alpha value is 0.270. The van der Waals surface area contributed by atoms with E-state index in [9.17, 15) is 0 Å². The standard InChI is InChI=1S/C10H19NOS/c11-10(9-3-6-13-7-9)8-1-4-12-5-2-8/h8-10H,1-7,11H2. The van der Waals surface area contributed by atoms with Crippen molar-refractivity contribution in [2.75, 3.05) is 24.7 Å². The van der Waals surface area contributed by atoms with Gasteiger partial charge in [0, 0.05) is 19.3 Å². The van der Waals surface area contributed by atoms with Crippen molar-refractivity contribution in [3.05, 3.63) is 0 Å². The first-order valence-electron chi connectivity index (χ1n) is 5.29. The van der Waals surface area contributed by atoms with E-state index >= 15 is 0 Å². The molecular weight excluding hydrogens is 182 g/mol. The maximum atomic E-state index is 6.28. The van der Waals surface area contributed by atoms with Gasteiger partial charge in [0.25, 0.3) is 0 Å². The molecule has 0 aromatic heterocycles. The van der Waals surface area contributed by atoms with Crippen LogP contribution in [0.1, 0.15) is 19.3 Å². The van der Waals surface area contributed by atoms with E-state index in [1.807, 2.05) is 0 Å². The van der Waals surface area contributed by atoms with Crippen LogP contribution in [0.5, 0.6) is 0 Å². The molecule has 2 aliphatic heterocycles. The molecule has 2 unspecified atom stereocenters. The third-order valence-corrected chi connectivity index (χ3v) is 4.51. The number of hydrogen-bond donors (Lipinski definition) is 1. The van der Waals surface area contributed by atoms with E-state index in [0.29, 0.717) is 6.04 Å². The fourth-order valence-electron chi connectivity index (χ4n) is 2.34. The first-order valence-corrected chi connectivity index (χ1v) is 6.44. The summed E-state index contributed by atoms with van der Waals surface area (Å²) in [6, 6.07) is 0.443. The van der Waals surface area contributed by atoms with Crippen molar-refractivity contribution in [3.63, 3.8) is 0 Å². The molecule has 0 aromatic rings. The average Bonchev–Trinajstić information content (AvgIpc) is 2.71. The van der Waals surface area contributed by atoms with E-state index in [0.717, 1.165) is 25.0 Å². The smallest absolute Gasteiger partial charge is 0.0469 e. The van der Waals surface area contributed by atoms with Crippen LogP contribution < -0.4 is 5.73 Å². The van der Waals surface area contributed by atoms with Crippen LogP contribution in [0.25, 0.3) is 0 Å². The maximum Gasteiger partial charge on any atom is 0.0469 e. The van der Waals surface area contributed by atoms with Gasteiger partial charge in [-0.1, -0.05) is 0 Å². The van der Waals surface area contributed by atoms with Gasteiger partial charge in [0.2, 0.25) is 0 Å². The first kappa shape index (κ1) is 9.81. The summed E-state index contributed by atoms with van der Waals surface area (Å²) in [4.78, 5) is 0. The zero-order chi connectivity index (χ0) is 9.10. The highest BCUT2D eigenvalue weighted by Crippen LogP contribution is 2.31. The first-order chi connectivity index (χ1) is 6.38. The Morgan fingerprint density at radius 3 is 2.54 bits per heavy atom. The molecule has 0 aromatic carbocycles. The summed E-state index contributed by atoms with van der Waals surface area (Å²) >= 11 is 2.06. The zero-order valence-corrected chi connectivity index (χ0v) is 8.89. The van der Waals surface area contributed by atoms with Crippen molar-refractivity contribution in [1.29, 1.82) is 0 Å². The van der Waals surface area contributed by atoms with Crippen LogP contribution in [0.2, 0.25) is 0 Å². The van der Waals surface area contributed by atoms with Crippen molar-refractivity contribution in [2.45, 2.75) is 25.3 Å². The molecule has 0 bridgehead atoms. The lowest BCUT2D eigenvalue weighted by Gasteiger charge is -2.31. The largest absolute Gasteiger partial charge is 0.381 e. The summed E-state index contributed by atoms with van der Waals surface area (Å²) in [5.41, 5.74) is 6.28. The Kier molecular flexibility index (Phi) is 3.52. The highest BCUT2D eigenvalue weighted by molar-refractivity contribution is 7.99. The Bertz CT molecular complexity index is 153. The van der Waals surface area contributed by atoms with Crippen LogP contribution in [-0.4, -0.2) is 30.8 Å². The molecule has 3 heteroatoms. The second kappa shape index (κ2) is 4.67. The van der Waals surface area contributed by atoms with Gasteiger partial charge in [-0.3, -0.25) is 0 Å². The number of hydrogen-bond acceptors (Lipinski definition) is 3. The van der Waals surface area contributed by atoms with Gasteiger partial charge in [0.05, 0.1) is 0 Å². The van der Waals surface area contributed by atoms with Gasteiger partial charge in [-0.2, -0.15) is 11.8 Å². The van der Waals surface area contributed by atoms with E-state index in [1.54, 1.807) is 0 Å². The Labute approximate surface area is 84.6 Å². The van der Waals surface area contributed by atoms with Crippen LogP contribution >= 0.6 is 11.8 Å². The normalized spacial score (nSPS) is 33.5. The van der Waals surface area contributed by atoms with Gasteiger partial charge in [0.1, 0.15) is 0 Å². The fourth-order valence-corrected chi connectivity index (χ4v) is 3.67. The molecular formula is C10H19NOS. The highest BCUT2D eigenvalue weighted by Gasteiger charge is 2.29. The molecule has 0 spiro atoms. The SMILES string of the molecule is NC(C1CCOCC1)C1CCSC1. The van der Waals surface area contributed by atoms with Crippen molar-refractivity contribution < 1.29 is 4.74 Å². The number of ether oxygens (including phenoxy) is 1. The summed E-state index contributed by atoms with van der Waals surface area (Å²) in [6.07, 6.45) is 3.70. The second-order valence-corrected chi connectivity index (χ2v) is 5.30. The molecule has 2 fully saturated rings. The maximum absolute atomic E-state index is 6.28. The number of rotatable bonds is 2. The Morgan fingerprint density at radius 1 is 1.15 bits per heavy atom. The molecule has 2 atom stereocenters. The van der Waals surface area contributed by atoms with Crippen LogP contribution in [0, 0.1) is 11.8 Å².